The van der Waals surface area contributed by atoms with E-state index in [-0.39, 0.29) is 28.5 Å². The van der Waals surface area contributed by atoms with E-state index in [9.17, 15) is 24.2 Å². The van der Waals surface area contributed by atoms with Crippen molar-refractivity contribution in [1.29, 1.82) is 0 Å². The minimum Gasteiger partial charge on any atom is -0.505 e. The maximum absolute atomic E-state index is 13.8. The zero-order valence-electron chi connectivity index (χ0n) is 18.9. The summed E-state index contributed by atoms with van der Waals surface area (Å²) in [5.41, 5.74) is 1.82. The van der Waals surface area contributed by atoms with Gasteiger partial charge >= 0.3 is 5.97 Å². The fourth-order valence-corrected chi connectivity index (χ4v) is 3.75. The number of nitrogens with one attached hydrogen (secondary N) is 1. The van der Waals surface area contributed by atoms with Crippen molar-refractivity contribution in [3.8, 4) is 11.4 Å². The zero-order valence-corrected chi connectivity index (χ0v) is 18.9. The Morgan fingerprint density at radius 1 is 1.00 bits per heavy atom. The highest BCUT2D eigenvalue weighted by Gasteiger charge is 2.14. The molecular formula is C26H23FN4O4. The van der Waals surface area contributed by atoms with E-state index >= 15 is 0 Å². The van der Waals surface area contributed by atoms with Crippen LogP contribution in [-0.4, -0.2) is 26.0 Å². The van der Waals surface area contributed by atoms with Crippen molar-refractivity contribution in [3.63, 3.8) is 0 Å². The number of nitrogens with zero attached hydrogens (tertiary/aromatic N) is 3. The molecule has 0 amide bonds. The van der Waals surface area contributed by atoms with Gasteiger partial charge < -0.3 is 10.2 Å². The highest BCUT2D eigenvalue weighted by Crippen LogP contribution is 2.32. The molecule has 0 fully saturated rings. The highest BCUT2D eigenvalue weighted by atomic mass is 19.1. The first-order valence-corrected chi connectivity index (χ1v) is 11.0. The van der Waals surface area contributed by atoms with Gasteiger partial charge in [0, 0.05) is 0 Å². The van der Waals surface area contributed by atoms with E-state index in [4.69, 9.17) is 0 Å². The summed E-state index contributed by atoms with van der Waals surface area (Å²) in [6.45, 7) is 1.65. The molecule has 0 atom stereocenters. The van der Waals surface area contributed by atoms with Crippen molar-refractivity contribution in [3.05, 3.63) is 105 Å². The number of carboxylic acid groups (broad SMARTS) is 1. The number of aromatic nitrogens is 2. The molecule has 0 bridgehead atoms. The van der Waals surface area contributed by atoms with E-state index in [0.717, 1.165) is 0 Å². The van der Waals surface area contributed by atoms with E-state index in [1.165, 1.54) is 28.9 Å². The topological polar surface area (TPSA) is 120 Å². The van der Waals surface area contributed by atoms with Crippen LogP contribution in [0.2, 0.25) is 0 Å². The van der Waals surface area contributed by atoms with Crippen molar-refractivity contribution in [2.45, 2.75) is 26.2 Å². The van der Waals surface area contributed by atoms with Gasteiger partial charge in [-0.3, -0.25) is 9.89 Å². The quantitative estimate of drug-likeness (QED) is 0.288. The van der Waals surface area contributed by atoms with E-state index in [1.54, 1.807) is 49.4 Å². The fraction of sp³-hybridized carbons (Fsp3) is 0.154. The normalized spacial score (nSPS) is 11.3. The summed E-state index contributed by atoms with van der Waals surface area (Å²) in [4.78, 5) is 24.1. The Morgan fingerprint density at radius 3 is 2.49 bits per heavy atom. The smallest absolute Gasteiger partial charge is 0.335 e. The lowest BCUT2D eigenvalue weighted by Crippen LogP contribution is -2.14. The molecule has 4 rings (SSSR count). The van der Waals surface area contributed by atoms with Gasteiger partial charge in [0.25, 0.3) is 5.56 Å². The second-order valence-electron chi connectivity index (χ2n) is 8.01. The Balaban J connectivity index is 1.53. The number of aromatic carboxylic acids is 1. The zero-order chi connectivity index (χ0) is 24.9. The Hall–Kier alpha value is -4.53. The predicted octanol–water partition coefficient (Wildman–Crippen LogP) is 5.61. The molecule has 3 aromatic carbocycles. The molecule has 0 saturated heterocycles. The fourth-order valence-electron chi connectivity index (χ4n) is 3.75. The van der Waals surface area contributed by atoms with Crippen LogP contribution in [0, 0.1) is 12.7 Å². The van der Waals surface area contributed by atoms with Gasteiger partial charge in [-0.2, -0.15) is 0 Å². The largest absolute Gasteiger partial charge is 0.505 e. The van der Waals surface area contributed by atoms with Gasteiger partial charge in [0.2, 0.25) is 0 Å². The van der Waals surface area contributed by atoms with Gasteiger partial charge in [0.05, 0.1) is 16.9 Å². The molecule has 3 N–H and O–H groups in total. The average Bonchev–Trinajstić information content (AvgIpc) is 3.13. The molecule has 4 aromatic rings. The maximum atomic E-state index is 13.8. The highest BCUT2D eigenvalue weighted by molar-refractivity contribution is 5.88. The van der Waals surface area contributed by atoms with Gasteiger partial charge in [-0.25, -0.2) is 13.9 Å². The molecule has 0 aliphatic carbocycles. The average molecular weight is 474 g/mol. The Labute approximate surface area is 200 Å². The molecule has 35 heavy (non-hydrogen) atoms. The maximum Gasteiger partial charge on any atom is 0.335 e. The number of aryl methyl sites for hydroxylation is 3. The molecule has 0 unspecified atom stereocenters. The second kappa shape index (κ2) is 10.2. The first kappa shape index (κ1) is 23.6. The number of hydrogen-bond acceptors (Lipinski definition) is 5. The Bertz CT molecular complexity index is 1470. The van der Waals surface area contributed by atoms with Crippen LogP contribution in [-0.2, 0) is 12.8 Å². The summed E-state index contributed by atoms with van der Waals surface area (Å²) in [7, 11) is 0. The first-order valence-electron chi connectivity index (χ1n) is 11.0. The van der Waals surface area contributed by atoms with Crippen LogP contribution < -0.4 is 5.56 Å². The minimum absolute atomic E-state index is 0.0371. The van der Waals surface area contributed by atoms with Crippen LogP contribution in [0.5, 0.6) is 5.75 Å². The van der Waals surface area contributed by atoms with E-state index in [0.29, 0.717) is 41.8 Å². The number of phenolic OH excluding ortho intramolecular Hbond substituents is 1. The second-order valence-corrected chi connectivity index (χ2v) is 8.01. The number of halogens is 1. The van der Waals surface area contributed by atoms with Crippen LogP contribution in [0.3, 0.4) is 0 Å². The van der Waals surface area contributed by atoms with Gasteiger partial charge in [-0.1, -0.05) is 36.4 Å². The molecule has 1 aromatic heterocycles. The number of H-pyrrole nitrogens is 1. The summed E-state index contributed by atoms with van der Waals surface area (Å²) < 4.78 is 15.0. The molecule has 0 spiro atoms. The monoisotopic (exact) mass is 474 g/mol. The number of benzene rings is 3. The molecule has 178 valence electrons. The lowest BCUT2D eigenvalue weighted by atomic mass is 10.0. The summed E-state index contributed by atoms with van der Waals surface area (Å²) in [6, 6.07) is 17.6. The third-order valence-electron chi connectivity index (χ3n) is 5.60. The predicted molar refractivity (Wildman–Crippen MR) is 129 cm³/mol. The van der Waals surface area contributed by atoms with Crippen molar-refractivity contribution >= 4 is 17.3 Å². The molecule has 0 aliphatic heterocycles. The van der Waals surface area contributed by atoms with Gasteiger partial charge in [0.15, 0.2) is 5.69 Å². The van der Waals surface area contributed by atoms with Gasteiger partial charge in [-0.05, 0) is 67.6 Å². The lowest BCUT2D eigenvalue weighted by molar-refractivity contribution is 0.0697. The molecule has 9 heteroatoms. The minimum atomic E-state index is -1.10. The standard InChI is InChI=1S/C26H23FN4O4/c1-16-23(25(33)31(30-16)20-12-5-11-19(15-20)26(34)35)29-28-22-14-6-10-18(24(22)32)9-4-8-17-7-2-3-13-21(17)27/h2-3,5-7,10-15,30,32H,4,8-9H2,1H3,(H,34,35). The SMILES string of the molecule is Cc1[nH]n(-c2cccc(C(=O)O)c2)c(=O)c1N=Nc1cccc(CCCc2ccccc2F)c1O. The molecule has 8 nitrogen and oxygen atoms in total. The number of carbonyl (C=O) groups is 1. The lowest BCUT2D eigenvalue weighted by Gasteiger charge is -2.07. The third kappa shape index (κ3) is 5.19. The number of aromatic amines is 1. The van der Waals surface area contributed by atoms with Crippen molar-refractivity contribution < 1.29 is 19.4 Å². The van der Waals surface area contributed by atoms with Crippen LogP contribution in [0.4, 0.5) is 15.8 Å². The summed E-state index contributed by atoms with van der Waals surface area (Å²) in [6.07, 6.45) is 1.68. The summed E-state index contributed by atoms with van der Waals surface area (Å²) in [5.74, 6) is -1.40. The Morgan fingerprint density at radius 2 is 1.71 bits per heavy atom. The molecule has 1 heterocycles. The van der Waals surface area contributed by atoms with E-state index in [1.807, 2.05) is 0 Å². The third-order valence-corrected chi connectivity index (χ3v) is 5.60. The number of para-hydroxylation sites is 1. The Kier molecular flexibility index (Phi) is 6.86. The van der Waals surface area contributed by atoms with Crippen LogP contribution in [0.1, 0.15) is 33.6 Å². The number of hydrogen-bond donors (Lipinski definition) is 3. The van der Waals surface area contributed by atoms with E-state index < -0.39 is 11.5 Å². The number of phenols is 1. The molecular weight excluding hydrogens is 451 g/mol. The summed E-state index contributed by atoms with van der Waals surface area (Å²) >= 11 is 0. The van der Waals surface area contributed by atoms with Crippen molar-refractivity contribution in [1.82, 2.24) is 9.78 Å². The van der Waals surface area contributed by atoms with E-state index in [2.05, 4.69) is 15.3 Å². The van der Waals surface area contributed by atoms with Crippen molar-refractivity contribution in [2.24, 2.45) is 10.2 Å². The number of azo groups is 1. The van der Waals surface area contributed by atoms with Crippen LogP contribution in [0.25, 0.3) is 5.69 Å². The molecule has 0 radical (unpaired) electrons. The van der Waals surface area contributed by atoms with Crippen molar-refractivity contribution in [2.75, 3.05) is 0 Å². The molecule has 0 aliphatic rings. The number of rotatable bonds is 8. The molecule has 0 saturated carbocycles. The van der Waals surface area contributed by atoms with Crippen LogP contribution >= 0.6 is 0 Å². The first-order chi connectivity index (χ1) is 16.8. The van der Waals surface area contributed by atoms with Gasteiger partial charge in [0.1, 0.15) is 17.3 Å². The summed E-state index contributed by atoms with van der Waals surface area (Å²) in [5, 5.41) is 30.8. The van der Waals surface area contributed by atoms with Crippen LogP contribution in [0.15, 0.2) is 81.8 Å². The van der Waals surface area contributed by atoms with Gasteiger partial charge in [-0.15, -0.1) is 10.2 Å². The number of aromatic hydroxyl groups is 1. The number of carboxylic acids is 1.